The number of rotatable bonds is 4. The van der Waals surface area contributed by atoms with Crippen LogP contribution in [0.1, 0.15) is 43.5 Å². The minimum atomic E-state index is -3.87. The summed E-state index contributed by atoms with van der Waals surface area (Å²) >= 11 is 0. The van der Waals surface area contributed by atoms with E-state index in [1.807, 2.05) is 31.2 Å². The number of urea groups is 1. The third-order valence-corrected chi connectivity index (χ3v) is 7.75. The molecule has 0 bridgehead atoms. The number of nitrogens with one attached hydrogen (secondary N) is 1. The molecule has 0 radical (unpaired) electrons. The maximum absolute atomic E-state index is 13.4. The molecule has 176 valence electrons. The lowest BCUT2D eigenvalue weighted by Gasteiger charge is -2.23. The van der Waals surface area contributed by atoms with Crippen molar-refractivity contribution in [2.75, 3.05) is 24.5 Å². The Morgan fingerprint density at radius 2 is 1.94 bits per heavy atom. The molecule has 0 spiro atoms. The van der Waals surface area contributed by atoms with Crippen LogP contribution >= 0.6 is 0 Å². The first-order chi connectivity index (χ1) is 15.5. The molecule has 2 heterocycles. The highest BCUT2D eigenvalue weighted by atomic mass is 32.2. The number of hydrogen-bond acceptors (Lipinski definition) is 5. The number of carbonyl (C=O) groups excluding carboxylic acids is 1. The second-order valence-corrected chi connectivity index (χ2v) is 11.7. The van der Waals surface area contributed by atoms with E-state index in [4.69, 9.17) is 5.73 Å². The fourth-order valence-corrected chi connectivity index (χ4v) is 5.59. The monoisotopic (exact) mass is 469 g/mol. The maximum Gasteiger partial charge on any atom is 0.321 e. The van der Waals surface area contributed by atoms with Crippen molar-refractivity contribution in [3.63, 3.8) is 0 Å². The highest BCUT2D eigenvalue weighted by Gasteiger charge is 2.36. The normalized spacial score (nSPS) is 18.3. The Kier molecular flexibility index (Phi) is 5.86. The number of benzene rings is 2. The minimum absolute atomic E-state index is 0.00747. The van der Waals surface area contributed by atoms with Crippen LogP contribution in [0.25, 0.3) is 0 Å². The van der Waals surface area contributed by atoms with Crippen molar-refractivity contribution in [2.45, 2.75) is 45.1 Å². The van der Waals surface area contributed by atoms with Crippen LogP contribution in [0.5, 0.6) is 0 Å². The van der Waals surface area contributed by atoms with Crippen LogP contribution in [0.4, 0.5) is 10.5 Å². The van der Waals surface area contributed by atoms with Crippen molar-refractivity contribution in [3.05, 3.63) is 59.2 Å². The molecule has 0 unspecified atom stereocenters. The van der Waals surface area contributed by atoms with E-state index < -0.39 is 10.0 Å². The van der Waals surface area contributed by atoms with Crippen molar-refractivity contribution in [1.82, 2.24) is 9.62 Å². The quantitative estimate of drug-likeness (QED) is 0.717. The number of anilines is 1. The number of amides is 2. The molecule has 4 rings (SSSR count). The number of sulfonamides is 1. The van der Waals surface area contributed by atoms with Gasteiger partial charge >= 0.3 is 6.03 Å². The van der Waals surface area contributed by atoms with Crippen molar-refractivity contribution < 1.29 is 13.2 Å². The van der Waals surface area contributed by atoms with Crippen molar-refractivity contribution in [1.29, 1.82) is 0 Å². The number of aliphatic imine (C=N–C) groups is 1. The molecule has 0 aromatic heterocycles. The summed E-state index contributed by atoms with van der Waals surface area (Å²) in [5.41, 5.74) is 9.60. The molecule has 2 aromatic carbocycles. The fourth-order valence-electron chi connectivity index (χ4n) is 4.18. The summed E-state index contributed by atoms with van der Waals surface area (Å²) in [5.74, 6) is -0.00747. The van der Waals surface area contributed by atoms with Gasteiger partial charge in [0.2, 0.25) is 5.96 Å². The smallest absolute Gasteiger partial charge is 0.321 e. The molecule has 0 saturated heterocycles. The summed E-state index contributed by atoms with van der Waals surface area (Å²) in [6, 6.07) is 12.2. The fraction of sp³-hybridized carbons (Fsp3) is 0.417. The van der Waals surface area contributed by atoms with Gasteiger partial charge in [-0.15, -0.1) is 0 Å². The van der Waals surface area contributed by atoms with Gasteiger partial charge < -0.3 is 11.1 Å². The zero-order valence-electron chi connectivity index (χ0n) is 19.5. The third-order valence-electron chi connectivity index (χ3n) is 5.98. The SMILES string of the molecule is Cc1ccccc1[C@H]1CN(S(=O)(=O)c2ccc3c(c2)CCN3C(=O)NCC(C)(C)C)C(N)=N1. The highest BCUT2D eigenvalue weighted by molar-refractivity contribution is 7.89. The van der Waals surface area contributed by atoms with Gasteiger partial charge in [-0.1, -0.05) is 45.0 Å². The Morgan fingerprint density at radius 1 is 1.21 bits per heavy atom. The van der Waals surface area contributed by atoms with Crippen LogP contribution in [0.15, 0.2) is 52.4 Å². The molecule has 1 atom stereocenters. The molecule has 0 saturated carbocycles. The Hall–Kier alpha value is -3.07. The molecule has 2 aliphatic rings. The van der Waals surface area contributed by atoms with E-state index in [1.54, 1.807) is 17.0 Å². The number of nitrogens with zero attached hydrogens (tertiary/aromatic N) is 3. The van der Waals surface area contributed by atoms with Crippen LogP contribution in [0, 0.1) is 12.3 Å². The number of carbonyl (C=O) groups is 1. The van der Waals surface area contributed by atoms with Gasteiger partial charge in [-0.2, -0.15) is 0 Å². The largest absolute Gasteiger partial charge is 0.369 e. The van der Waals surface area contributed by atoms with Crippen LogP contribution in [0.2, 0.25) is 0 Å². The second kappa shape index (κ2) is 8.37. The predicted octanol–water partition coefficient (Wildman–Crippen LogP) is 3.17. The molecular formula is C24H31N5O3S. The molecule has 33 heavy (non-hydrogen) atoms. The van der Waals surface area contributed by atoms with Gasteiger partial charge in [-0.05, 0) is 53.6 Å². The summed E-state index contributed by atoms with van der Waals surface area (Å²) in [7, 11) is -3.87. The van der Waals surface area contributed by atoms with E-state index in [-0.39, 0.29) is 34.9 Å². The number of aryl methyl sites for hydroxylation is 1. The molecule has 2 aliphatic heterocycles. The molecule has 2 amide bonds. The molecule has 0 fully saturated rings. The van der Waals surface area contributed by atoms with Gasteiger partial charge in [0.05, 0.1) is 17.5 Å². The van der Waals surface area contributed by atoms with Crippen LogP contribution in [0.3, 0.4) is 0 Å². The van der Waals surface area contributed by atoms with Crippen LogP contribution in [-0.2, 0) is 16.4 Å². The molecular weight excluding hydrogens is 438 g/mol. The number of nitrogens with two attached hydrogens (primary N) is 1. The maximum atomic E-state index is 13.4. The highest BCUT2D eigenvalue weighted by Crippen LogP contribution is 2.34. The zero-order chi connectivity index (χ0) is 24.0. The lowest BCUT2D eigenvalue weighted by atomic mass is 9.97. The van der Waals surface area contributed by atoms with E-state index >= 15 is 0 Å². The second-order valence-electron chi connectivity index (χ2n) is 9.81. The summed E-state index contributed by atoms with van der Waals surface area (Å²) < 4.78 is 28.0. The minimum Gasteiger partial charge on any atom is -0.369 e. The first-order valence-corrected chi connectivity index (χ1v) is 12.5. The average Bonchev–Trinajstić information content (AvgIpc) is 3.35. The molecule has 3 N–H and O–H groups in total. The van der Waals surface area contributed by atoms with Gasteiger partial charge in [-0.3, -0.25) is 4.90 Å². The summed E-state index contributed by atoms with van der Waals surface area (Å²) in [5, 5.41) is 2.95. The van der Waals surface area contributed by atoms with Crippen LogP contribution in [-0.4, -0.2) is 44.3 Å². The summed E-state index contributed by atoms with van der Waals surface area (Å²) in [6.07, 6.45) is 0.594. The lowest BCUT2D eigenvalue weighted by molar-refractivity contribution is 0.241. The van der Waals surface area contributed by atoms with Gasteiger partial charge in [0, 0.05) is 18.8 Å². The number of hydrogen-bond donors (Lipinski definition) is 2. The van der Waals surface area contributed by atoms with E-state index in [0.29, 0.717) is 19.5 Å². The third kappa shape index (κ3) is 4.55. The zero-order valence-corrected chi connectivity index (χ0v) is 20.3. The molecule has 0 aliphatic carbocycles. The molecule has 9 heteroatoms. The number of fused-ring (bicyclic) bond motifs is 1. The van der Waals surface area contributed by atoms with E-state index in [2.05, 4.69) is 31.1 Å². The van der Waals surface area contributed by atoms with Gasteiger partial charge in [0.15, 0.2) is 0 Å². The Balaban J connectivity index is 1.54. The summed E-state index contributed by atoms with van der Waals surface area (Å²) in [4.78, 5) is 18.9. The molecule has 2 aromatic rings. The van der Waals surface area contributed by atoms with Crippen molar-refractivity contribution in [3.8, 4) is 0 Å². The number of guanidine groups is 1. The van der Waals surface area contributed by atoms with Gasteiger partial charge in [-0.25, -0.2) is 22.5 Å². The Labute approximate surface area is 195 Å². The molecule has 8 nitrogen and oxygen atoms in total. The van der Waals surface area contributed by atoms with E-state index in [1.165, 1.54) is 10.4 Å². The van der Waals surface area contributed by atoms with E-state index in [9.17, 15) is 13.2 Å². The Bertz CT molecular complexity index is 1220. The van der Waals surface area contributed by atoms with E-state index in [0.717, 1.165) is 22.4 Å². The van der Waals surface area contributed by atoms with Crippen molar-refractivity contribution >= 4 is 27.7 Å². The Morgan fingerprint density at radius 3 is 2.64 bits per heavy atom. The van der Waals surface area contributed by atoms with Gasteiger partial charge in [0.1, 0.15) is 0 Å². The van der Waals surface area contributed by atoms with Crippen LogP contribution < -0.4 is 16.0 Å². The lowest BCUT2D eigenvalue weighted by Crippen LogP contribution is -2.42. The predicted molar refractivity (Wildman–Crippen MR) is 130 cm³/mol. The summed E-state index contributed by atoms with van der Waals surface area (Å²) in [6.45, 7) is 9.37. The topological polar surface area (TPSA) is 108 Å². The average molecular weight is 470 g/mol. The van der Waals surface area contributed by atoms with Crippen molar-refractivity contribution in [2.24, 2.45) is 16.1 Å². The van der Waals surface area contributed by atoms with Gasteiger partial charge in [0.25, 0.3) is 10.0 Å². The first-order valence-electron chi connectivity index (χ1n) is 11.1. The first kappa shape index (κ1) is 23.1. The standard InChI is InChI=1S/C24H31N5O3S/c1-16-7-5-6-8-19(16)20-14-29(22(25)27-20)33(31,32)18-9-10-21-17(13-18)11-12-28(21)23(30)26-15-24(2,3)4/h5-10,13,20H,11-12,14-15H2,1-4H3,(H2,25,27)(H,26,30)/t20-/m1/s1.